The molecule has 88 valence electrons. The van der Waals surface area contributed by atoms with E-state index in [0.717, 1.165) is 25.2 Å². The summed E-state index contributed by atoms with van der Waals surface area (Å²) in [7, 11) is 0. The number of ether oxygens (including phenoxy) is 1. The Hall–Kier alpha value is -1.30. The summed E-state index contributed by atoms with van der Waals surface area (Å²) in [5, 5.41) is 3.09. The van der Waals surface area contributed by atoms with Crippen LogP contribution in [0.4, 0.5) is 13.2 Å². The second-order valence-corrected chi connectivity index (χ2v) is 3.66. The highest BCUT2D eigenvalue weighted by molar-refractivity contribution is 5.25. The number of aromatic nitrogens is 1. The summed E-state index contributed by atoms with van der Waals surface area (Å²) in [4.78, 5) is 3.51. The Bertz CT molecular complexity index is 363. The summed E-state index contributed by atoms with van der Waals surface area (Å²) < 4.78 is 42.2. The summed E-state index contributed by atoms with van der Waals surface area (Å²) in [5.41, 5.74) is -0.786. The average molecular weight is 232 g/mol. The molecule has 1 aromatic rings. The second kappa shape index (κ2) is 4.29. The van der Waals surface area contributed by atoms with Crippen molar-refractivity contribution < 1.29 is 17.9 Å². The molecule has 1 unspecified atom stereocenters. The maximum absolute atomic E-state index is 12.3. The normalized spacial score (nSPS) is 20.3. The van der Waals surface area contributed by atoms with E-state index in [1.807, 2.05) is 0 Å². The van der Waals surface area contributed by atoms with Crippen LogP contribution in [0, 0.1) is 0 Å². The van der Waals surface area contributed by atoms with E-state index in [1.54, 1.807) is 0 Å². The lowest BCUT2D eigenvalue weighted by atomic mass is 10.1. The Morgan fingerprint density at radius 3 is 2.75 bits per heavy atom. The fourth-order valence-electron chi connectivity index (χ4n) is 1.34. The third kappa shape index (κ3) is 2.63. The molecule has 0 aliphatic carbocycles. The molecule has 2 rings (SSSR count). The third-order valence-corrected chi connectivity index (χ3v) is 2.42. The molecule has 0 spiro atoms. The summed E-state index contributed by atoms with van der Waals surface area (Å²) in [6.45, 7) is 1.32. The maximum Gasteiger partial charge on any atom is 0.418 e. The van der Waals surface area contributed by atoms with Crippen molar-refractivity contribution in [2.75, 3.05) is 13.2 Å². The van der Waals surface area contributed by atoms with Crippen molar-refractivity contribution in [2.24, 2.45) is 0 Å². The van der Waals surface area contributed by atoms with Gasteiger partial charge in [-0.1, -0.05) is 0 Å². The average Bonchev–Trinajstić information content (AvgIpc) is 2.14. The lowest BCUT2D eigenvalue weighted by Crippen LogP contribution is -2.46. The van der Waals surface area contributed by atoms with E-state index in [9.17, 15) is 13.2 Å². The number of nitrogens with zero attached hydrogens (tertiary/aromatic N) is 1. The van der Waals surface area contributed by atoms with Crippen LogP contribution in [-0.2, 0) is 6.18 Å². The summed E-state index contributed by atoms with van der Waals surface area (Å²) in [5.74, 6) is 0.156. The minimum Gasteiger partial charge on any atom is -0.490 e. The molecule has 0 amide bonds. The van der Waals surface area contributed by atoms with Gasteiger partial charge in [-0.2, -0.15) is 13.2 Å². The zero-order chi connectivity index (χ0) is 11.6. The molecule has 16 heavy (non-hydrogen) atoms. The summed E-state index contributed by atoms with van der Waals surface area (Å²) in [6, 6.07) is 1.21. The van der Waals surface area contributed by atoms with E-state index in [4.69, 9.17) is 4.74 Å². The number of pyridine rings is 1. The predicted molar refractivity (Wildman–Crippen MR) is 51.1 cm³/mol. The number of rotatable bonds is 3. The lowest BCUT2D eigenvalue weighted by Gasteiger charge is -2.27. The van der Waals surface area contributed by atoms with E-state index in [-0.39, 0.29) is 11.8 Å². The van der Waals surface area contributed by atoms with Crippen molar-refractivity contribution >= 4 is 0 Å². The van der Waals surface area contributed by atoms with Gasteiger partial charge in [0.1, 0.15) is 12.4 Å². The van der Waals surface area contributed by atoms with Gasteiger partial charge in [-0.05, 0) is 19.0 Å². The van der Waals surface area contributed by atoms with Crippen molar-refractivity contribution in [3.8, 4) is 5.75 Å². The van der Waals surface area contributed by atoms with E-state index in [0.29, 0.717) is 6.61 Å². The first-order valence-electron chi connectivity index (χ1n) is 4.94. The molecular weight excluding hydrogens is 221 g/mol. The Labute approximate surface area is 90.6 Å². The molecular formula is C10H11F3N2O. The van der Waals surface area contributed by atoms with E-state index in [1.165, 1.54) is 6.20 Å². The van der Waals surface area contributed by atoms with Crippen LogP contribution in [0.2, 0.25) is 0 Å². The number of halogens is 3. The van der Waals surface area contributed by atoms with Crippen LogP contribution in [0.15, 0.2) is 18.5 Å². The van der Waals surface area contributed by atoms with Crippen LogP contribution in [0.1, 0.15) is 12.0 Å². The van der Waals surface area contributed by atoms with Crippen LogP contribution < -0.4 is 10.1 Å². The van der Waals surface area contributed by atoms with Crippen LogP contribution in [0.25, 0.3) is 0 Å². The first-order valence-corrected chi connectivity index (χ1v) is 4.94. The zero-order valence-corrected chi connectivity index (χ0v) is 8.42. The van der Waals surface area contributed by atoms with Gasteiger partial charge in [0.25, 0.3) is 0 Å². The Kier molecular flexibility index (Phi) is 3.00. The molecule has 0 aromatic carbocycles. The Balaban J connectivity index is 1.98. The Morgan fingerprint density at radius 2 is 2.19 bits per heavy atom. The molecule has 1 N–H and O–H groups in total. The van der Waals surface area contributed by atoms with Gasteiger partial charge in [0, 0.05) is 12.2 Å². The van der Waals surface area contributed by atoms with Crippen molar-refractivity contribution in [1.29, 1.82) is 0 Å². The summed E-state index contributed by atoms with van der Waals surface area (Å²) >= 11 is 0. The van der Waals surface area contributed by atoms with Gasteiger partial charge >= 0.3 is 6.18 Å². The highest BCUT2D eigenvalue weighted by Gasteiger charge is 2.31. The van der Waals surface area contributed by atoms with Gasteiger partial charge in [-0.3, -0.25) is 4.98 Å². The molecule has 1 aliphatic heterocycles. The van der Waals surface area contributed by atoms with Crippen molar-refractivity contribution in [3.05, 3.63) is 24.0 Å². The van der Waals surface area contributed by atoms with Gasteiger partial charge in [0.05, 0.1) is 11.8 Å². The number of hydrogen-bond acceptors (Lipinski definition) is 3. The van der Waals surface area contributed by atoms with Gasteiger partial charge in [-0.15, -0.1) is 0 Å². The molecule has 6 heteroatoms. The monoisotopic (exact) mass is 232 g/mol. The highest BCUT2D eigenvalue weighted by atomic mass is 19.4. The van der Waals surface area contributed by atoms with Gasteiger partial charge in [0.15, 0.2) is 0 Å². The standard InChI is InChI=1S/C10H11F3N2O/c11-10(12,13)7-3-9(5-14-4-7)16-6-8-1-2-15-8/h3-5,8,15H,1-2,6H2. The topological polar surface area (TPSA) is 34.1 Å². The molecule has 0 saturated carbocycles. The molecule has 2 heterocycles. The van der Waals surface area contributed by atoms with Crippen LogP contribution in [0.5, 0.6) is 5.75 Å². The quantitative estimate of drug-likeness (QED) is 0.863. The molecule has 1 atom stereocenters. The van der Waals surface area contributed by atoms with E-state index >= 15 is 0 Å². The third-order valence-electron chi connectivity index (χ3n) is 2.42. The first kappa shape index (κ1) is 11.2. The molecule has 1 fully saturated rings. The predicted octanol–water partition coefficient (Wildman–Crippen LogP) is 1.84. The smallest absolute Gasteiger partial charge is 0.418 e. The van der Waals surface area contributed by atoms with Crippen molar-refractivity contribution in [3.63, 3.8) is 0 Å². The second-order valence-electron chi connectivity index (χ2n) is 3.66. The molecule has 1 saturated heterocycles. The van der Waals surface area contributed by atoms with Crippen LogP contribution in [0.3, 0.4) is 0 Å². The first-order chi connectivity index (χ1) is 7.55. The molecule has 0 bridgehead atoms. The zero-order valence-electron chi connectivity index (χ0n) is 8.42. The van der Waals surface area contributed by atoms with Crippen molar-refractivity contribution in [1.82, 2.24) is 10.3 Å². The minimum atomic E-state index is -4.37. The minimum absolute atomic E-state index is 0.156. The number of nitrogens with one attached hydrogen (secondary N) is 1. The fourth-order valence-corrected chi connectivity index (χ4v) is 1.34. The van der Waals surface area contributed by atoms with Gasteiger partial charge < -0.3 is 10.1 Å². The fraction of sp³-hybridized carbons (Fsp3) is 0.500. The molecule has 0 radical (unpaired) electrons. The Morgan fingerprint density at radius 1 is 1.44 bits per heavy atom. The van der Waals surface area contributed by atoms with Crippen LogP contribution >= 0.6 is 0 Å². The highest BCUT2D eigenvalue weighted by Crippen LogP contribution is 2.30. The largest absolute Gasteiger partial charge is 0.490 e. The van der Waals surface area contributed by atoms with Crippen molar-refractivity contribution in [2.45, 2.75) is 18.6 Å². The number of hydrogen-bond donors (Lipinski definition) is 1. The SMILES string of the molecule is FC(F)(F)c1cncc(OCC2CCN2)c1. The van der Waals surface area contributed by atoms with E-state index < -0.39 is 11.7 Å². The number of alkyl halides is 3. The molecule has 3 nitrogen and oxygen atoms in total. The maximum atomic E-state index is 12.3. The molecule has 1 aliphatic rings. The van der Waals surface area contributed by atoms with Gasteiger partial charge in [-0.25, -0.2) is 0 Å². The summed E-state index contributed by atoms with van der Waals surface area (Å²) in [6.07, 6.45) is -1.31. The molecule has 1 aromatic heterocycles. The van der Waals surface area contributed by atoms with Gasteiger partial charge in [0.2, 0.25) is 0 Å². The van der Waals surface area contributed by atoms with E-state index in [2.05, 4.69) is 10.3 Å². The lowest BCUT2D eigenvalue weighted by molar-refractivity contribution is -0.137. The van der Waals surface area contributed by atoms with Crippen LogP contribution in [-0.4, -0.2) is 24.2 Å².